The minimum absolute atomic E-state index is 0.0163. The Morgan fingerprint density at radius 3 is 2.53 bits per heavy atom. The van der Waals surface area contributed by atoms with Crippen molar-refractivity contribution in [2.75, 3.05) is 0 Å². The number of halogens is 4. The highest BCUT2D eigenvalue weighted by molar-refractivity contribution is 7.89. The molecule has 30 heavy (non-hydrogen) atoms. The summed E-state index contributed by atoms with van der Waals surface area (Å²) in [5.74, 6) is -0.701. The second kappa shape index (κ2) is 9.65. The minimum Gasteiger partial charge on any atom is -0.391 e. The maximum absolute atomic E-state index is 13.7. The van der Waals surface area contributed by atoms with Crippen molar-refractivity contribution in [3.63, 3.8) is 0 Å². The third-order valence-corrected chi connectivity index (χ3v) is 7.81. The van der Waals surface area contributed by atoms with Gasteiger partial charge in [-0.05, 0) is 37.5 Å². The molecule has 6 unspecified atom stereocenters. The minimum atomic E-state index is -4.00. The second-order valence-electron chi connectivity index (χ2n) is 7.84. The number of sulfonamides is 1. The molecule has 168 valence electrons. The molecular weight excluding hydrogens is 461 g/mol. The van der Waals surface area contributed by atoms with Gasteiger partial charge in [0, 0.05) is 18.5 Å². The zero-order chi connectivity index (χ0) is 22.1. The van der Waals surface area contributed by atoms with Crippen LogP contribution < -0.4 is 10.0 Å². The fourth-order valence-corrected chi connectivity index (χ4v) is 5.78. The van der Waals surface area contributed by atoms with Gasteiger partial charge >= 0.3 is 0 Å². The molecule has 0 saturated heterocycles. The average Bonchev–Trinajstić information content (AvgIpc) is 2.67. The van der Waals surface area contributed by atoms with Gasteiger partial charge in [0.2, 0.25) is 10.0 Å². The summed E-state index contributed by atoms with van der Waals surface area (Å²) in [6.07, 6.45) is -1.88. The van der Waals surface area contributed by atoms with Gasteiger partial charge in [-0.1, -0.05) is 24.4 Å². The number of benzene rings is 1. The van der Waals surface area contributed by atoms with E-state index in [1.807, 2.05) is 0 Å². The number of nitrogens with one attached hydrogen (secondary N) is 2. The molecule has 2 fully saturated rings. The van der Waals surface area contributed by atoms with Crippen LogP contribution in [0.5, 0.6) is 0 Å². The highest BCUT2D eigenvalue weighted by Gasteiger charge is 2.38. The van der Waals surface area contributed by atoms with Gasteiger partial charge in [-0.2, -0.15) is 0 Å². The standard InChI is InChI=1S/C19H24Cl2F2N2O4S/c20-13-6-5-11(30(28,29)25-16-3-1-2-4-17(16)26)9-12(13)19(27)24-10-7-14(21)18(23)15(22)8-10/h5-6,9-10,14-18,25-26H,1-4,7-8H2,(H,24,27). The monoisotopic (exact) mass is 484 g/mol. The Balaban J connectivity index is 1.75. The highest BCUT2D eigenvalue weighted by atomic mass is 35.5. The predicted octanol–water partition coefficient (Wildman–Crippen LogP) is 3.10. The van der Waals surface area contributed by atoms with Crippen molar-refractivity contribution in [2.45, 2.75) is 79.3 Å². The van der Waals surface area contributed by atoms with Crippen LogP contribution in [0.1, 0.15) is 48.9 Å². The first-order valence-corrected chi connectivity index (χ1v) is 12.1. The zero-order valence-electron chi connectivity index (χ0n) is 16.0. The molecule has 0 aliphatic heterocycles. The quantitative estimate of drug-likeness (QED) is 0.559. The average molecular weight is 485 g/mol. The largest absolute Gasteiger partial charge is 0.391 e. The first-order chi connectivity index (χ1) is 14.1. The first kappa shape index (κ1) is 23.7. The summed E-state index contributed by atoms with van der Waals surface area (Å²) in [6, 6.07) is 2.37. The van der Waals surface area contributed by atoms with Gasteiger partial charge < -0.3 is 10.4 Å². The van der Waals surface area contributed by atoms with E-state index in [4.69, 9.17) is 23.2 Å². The Labute approximate surface area is 184 Å². The van der Waals surface area contributed by atoms with Crippen molar-refractivity contribution in [1.29, 1.82) is 0 Å². The van der Waals surface area contributed by atoms with Crippen LogP contribution in [0.25, 0.3) is 0 Å². The molecule has 1 amide bonds. The lowest BCUT2D eigenvalue weighted by Crippen LogP contribution is -2.47. The molecular formula is C19H24Cl2F2N2O4S. The van der Waals surface area contributed by atoms with Crippen molar-refractivity contribution in [2.24, 2.45) is 0 Å². The van der Waals surface area contributed by atoms with Crippen LogP contribution in [-0.4, -0.2) is 55.3 Å². The Morgan fingerprint density at radius 2 is 1.87 bits per heavy atom. The van der Waals surface area contributed by atoms with E-state index in [0.29, 0.717) is 12.8 Å². The molecule has 2 aliphatic carbocycles. The number of aliphatic hydroxyl groups excluding tert-OH is 1. The SMILES string of the molecule is O=C(NC1CC(F)C(F)C(Cl)C1)c1cc(S(=O)(=O)NC2CCCCC2O)ccc1Cl. The topological polar surface area (TPSA) is 95.5 Å². The molecule has 0 bridgehead atoms. The fraction of sp³-hybridized carbons (Fsp3) is 0.632. The summed E-state index contributed by atoms with van der Waals surface area (Å²) < 4.78 is 55.2. The number of alkyl halides is 3. The molecule has 0 radical (unpaired) electrons. The van der Waals surface area contributed by atoms with E-state index >= 15 is 0 Å². The highest BCUT2D eigenvalue weighted by Crippen LogP contribution is 2.29. The van der Waals surface area contributed by atoms with Crippen molar-refractivity contribution in [3.8, 4) is 0 Å². The lowest BCUT2D eigenvalue weighted by atomic mass is 9.91. The second-order valence-corrected chi connectivity index (χ2v) is 10.5. The smallest absolute Gasteiger partial charge is 0.253 e. The van der Waals surface area contributed by atoms with Crippen LogP contribution in [0.15, 0.2) is 23.1 Å². The normalized spacial score (nSPS) is 32.6. The summed E-state index contributed by atoms with van der Waals surface area (Å²) >= 11 is 11.9. The van der Waals surface area contributed by atoms with Gasteiger partial charge in [-0.25, -0.2) is 21.9 Å². The maximum atomic E-state index is 13.7. The number of aliphatic hydroxyl groups is 1. The third-order valence-electron chi connectivity index (χ3n) is 5.57. The number of amides is 1. The molecule has 3 N–H and O–H groups in total. The molecule has 1 aromatic carbocycles. The van der Waals surface area contributed by atoms with E-state index in [2.05, 4.69) is 10.0 Å². The first-order valence-electron chi connectivity index (χ1n) is 9.81. The fourth-order valence-electron chi connectivity index (χ4n) is 3.87. The molecule has 0 heterocycles. The molecule has 2 saturated carbocycles. The summed E-state index contributed by atoms with van der Waals surface area (Å²) in [5, 5.41) is 11.5. The number of hydrogen-bond acceptors (Lipinski definition) is 4. The van der Waals surface area contributed by atoms with Gasteiger partial charge in [0.15, 0.2) is 0 Å². The van der Waals surface area contributed by atoms with Crippen molar-refractivity contribution in [1.82, 2.24) is 10.0 Å². The summed E-state index contributed by atoms with van der Waals surface area (Å²) in [6.45, 7) is 0. The van der Waals surface area contributed by atoms with Gasteiger partial charge in [0.25, 0.3) is 5.91 Å². The van der Waals surface area contributed by atoms with E-state index in [0.717, 1.165) is 18.9 Å². The number of rotatable bonds is 5. The lowest BCUT2D eigenvalue weighted by molar-refractivity contribution is 0.0824. The van der Waals surface area contributed by atoms with Crippen LogP contribution in [0.2, 0.25) is 5.02 Å². The number of carbonyl (C=O) groups is 1. The molecule has 0 spiro atoms. The van der Waals surface area contributed by atoms with Crippen LogP contribution >= 0.6 is 23.2 Å². The van der Waals surface area contributed by atoms with Gasteiger partial charge in [-0.15, -0.1) is 11.6 Å². The van der Waals surface area contributed by atoms with E-state index in [9.17, 15) is 27.1 Å². The van der Waals surface area contributed by atoms with Crippen LogP contribution in [-0.2, 0) is 10.0 Å². The molecule has 1 aromatic rings. The van der Waals surface area contributed by atoms with Gasteiger partial charge in [-0.3, -0.25) is 4.79 Å². The Bertz CT molecular complexity index is 877. The van der Waals surface area contributed by atoms with Gasteiger partial charge in [0.1, 0.15) is 12.3 Å². The Hall–Kier alpha value is -1.00. The van der Waals surface area contributed by atoms with E-state index in [1.165, 1.54) is 12.1 Å². The molecule has 2 aliphatic rings. The van der Waals surface area contributed by atoms with Crippen molar-refractivity contribution < 1.29 is 27.1 Å². The van der Waals surface area contributed by atoms with Gasteiger partial charge in [0.05, 0.1) is 27.0 Å². The van der Waals surface area contributed by atoms with Crippen molar-refractivity contribution >= 4 is 39.1 Å². The Morgan fingerprint density at radius 1 is 1.17 bits per heavy atom. The zero-order valence-corrected chi connectivity index (χ0v) is 18.4. The summed E-state index contributed by atoms with van der Waals surface area (Å²) in [5.41, 5.74) is -0.104. The third kappa shape index (κ3) is 5.43. The molecule has 0 aromatic heterocycles. The van der Waals surface area contributed by atoms with Crippen LogP contribution in [0.4, 0.5) is 8.78 Å². The van der Waals surface area contributed by atoms with Crippen LogP contribution in [0, 0.1) is 0 Å². The lowest BCUT2D eigenvalue weighted by Gasteiger charge is -2.31. The van der Waals surface area contributed by atoms with Crippen molar-refractivity contribution in [3.05, 3.63) is 28.8 Å². The summed E-state index contributed by atoms with van der Waals surface area (Å²) in [4.78, 5) is 12.5. The molecule has 3 rings (SSSR count). The van der Waals surface area contributed by atoms with E-state index in [1.54, 1.807) is 0 Å². The molecule has 6 atom stereocenters. The molecule has 6 nitrogen and oxygen atoms in total. The van der Waals surface area contributed by atoms with E-state index < -0.39 is 51.8 Å². The van der Waals surface area contributed by atoms with Crippen LogP contribution in [0.3, 0.4) is 0 Å². The van der Waals surface area contributed by atoms with E-state index in [-0.39, 0.29) is 28.3 Å². The Kier molecular flexibility index (Phi) is 7.61. The predicted molar refractivity (Wildman–Crippen MR) is 110 cm³/mol. The maximum Gasteiger partial charge on any atom is 0.253 e. The number of carbonyl (C=O) groups excluding carboxylic acids is 1. The number of hydrogen-bond donors (Lipinski definition) is 3. The summed E-state index contributed by atoms with van der Waals surface area (Å²) in [7, 11) is -4.00. The molecule has 11 heteroatoms.